The van der Waals surface area contributed by atoms with E-state index in [1.165, 1.54) is 11.1 Å². The van der Waals surface area contributed by atoms with Gasteiger partial charge in [-0.3, -0.25) is 0 Å². The lowest BCUT2D eigenvalue weighted by Crippen LogP contribution is -2.01. The molecule has 0 saturated heterocycles. The summed E-state index contributed by atoms with van der Waals surface area (Å²) in [5, 5.41) is 0. The molecule has 0 N–H and O–H groups in total. The molecular formula is C14H22O2. The van der Waals surface area contributed by atoms with Gasteiger partial charge in [-0.15, -0.1) is 0 Å². The summed E-state index contributed by atoms with van der Waals surface area (Å²) in [6.45, 7) is 6.63. The van der Waals surface area contributed by atoms with E-state index < -0.39 is 0 Å². The van der Waals surface area contributed by atoms with E-state index in [0.717, 1.165) is 24.3 Å². The third kappa shape index (κ3) is 2.49. The predicted octanol–water partition coefficient (Wildman–Crippen LogP) is 3.78. The molecule has 16 heavy (non-hydrogen) atoms. The lowest BCUT2D eigenvalue weighted by Gasteiger charge is -2.17. The van der Waals surface area contributed by atoms with Gasteiger partial charge in [0, 0.05) is 0 Å². The molecule has 1 aromatic rings. The minimum Gasteiger partial charge on any atom is -0.493 e. The molecule has 2 heteroatoms. The highest BCUT2D eigenvalue weighted by molar-refractivity contribution is 5.48. The summed E-state index contributed by atoms with van der Waals surface area (Å²) in [6.07, 6.45) is 2.17. The van der Waals surface area contributed by atoms with Gasteiger partial charge >= 0.3 is 0 Å². The monoisotopic (exact) mass is 222 g/mol. The Morgan fingerprint density at radius 1 is 1.06 bits per heavy atom. The maximum Gasteiger partial charge on any atom is 0.161 e. The molecule has 1 aromatic carbocycles. The first kappa shape index (κ1) is 12.9. The van der Waals surface area contributed by atoms with Gasteiger partial charge < -0.3 is 9.47 Å². The van der Waals surface area contributed by atoms with Crippen molar-refractivity contribution in [3.63, 3.8) is 0 Å². The maximum absolute atomic E-state index is 5.35. The van der Waals surface area contributed by atoms with E-state index in [1.54, 1.807) is 14.2 Å². The van der Waals surface area contributed by atoms with E-state index in [1.807, 2.05) is 0 Å². The third-order valence-corrected chi connectivity index (χ3v) is 3.17. The minimum atomic E-state index is 0.565. The Morgan fingerprint density at radius 2 is 1.62 bits per heavy atom. The molecule has 0 fully saturated rings. The van der Waals surface area contributed by atoms with Gasteiger partial charge in [0.05, 0.1) is 14.2 Å². The molecule has 1 rings (SSSR count). The second-order valence-corrected chi connectivity index (χ2v) is 4.07. The lowest BCUT2D eigenvalue weighted by molar-refractivity contribution is 0.353. The van der Waals surface area contributed by atoms with Crippen LogP contribution in [-0.4, -0.2) is 14.2 Å². The molecule has 0 heterocycles. The van der Waals surface area contributed by atoms with Crippen LogP contribution in [-0.2, 0) is 6.42 Å². The van der Waals surface area contributed by atoms with E-state index in [0.29, 0.717) is 5.92 Å². The van der Waals surface area contributed by atoms with E-state index in [4.69, 9.17) is 9.47 Å². The van der Waals surface area contributed by atoms with Crippen molar-refractivity contribution in [3.8, 4) is 11.5 Å². The van der Waals surface area contributed by atoms with Crippen LogP contribution in [0.25, 0.3) is 0 Å². The van der Waals surface area contributed by atoms with Crippen LogP contribution < -0.4 is 9.47 Å². The molecule has 0 amide bonds. The highest BCUT2D eigenvalue weighted by atomic mass is 16.5. The Kier molecular flexibility index (Phi) is 4.66. The van der Waals surface area contributed by atoms with E-state index in [2.05, 4.69) is 32.9 Å². The predicted molar refractivity (Wildman–Crippen MR) is 67.6 cm³/mol. The Morgan fingerprint density at radius 3 is 2.06 bits per heavy atom. The lowest BCUT2D eigenvalue weighted by atomic mass is 9.92. The van der Waals surface area contributed by atoms with Gasteiger partial charge in [-0.1, -0.05) is 20.8 Å². The first-order valence-corrected chi connectivity index (χ1v) is 5.92. The Bertz CT molecular complexity index is 345. The number of benzene rings is 1. The van der Waals surface area contributed by atoms with Gasteiger partial charge in [0.15, 0.2) is 11.5 Å². The number of hydrogen-bond acceptors (Lipinski definition) is 2. The van der Waals surface area contributed by atoms with Crippen molar-refractivity contribution in [1.29, 1.82) is 0 Å². The number of aryl methyl sites for hydroxylation is 1. The van der Waals surface area contributed by atoms with Crippen molar-refractivity contribution in [2.24, 2.45) is 0 Å². The van der Waals surface area contributed by atoms with Gasteiger partial charge in [-0.2, -0.15) is 0 Å². The van der Waals surface area contributed by atoms with Gasteiger partial charge in [0.2, 0.25) is 0 Å². The van der Waals surface area contributed by atoms with Crippen LogP contribution in [0, 0.1) is 0 Å². The zero-order valence-corrected chi connectivity index (χ0v) is 11.0. The molecule has 2 nitrogen and oxygen atoms in total. The van der Waals surface area contributed by atoms with Gasteiger partial charge in [-0.25, -0.2) is 0 Å². The number of ether oxygens (including phenoxy) is 2. The Hall–Kier alpha value is -1.18. The molecule has 0 aliphatic carbocycles. The molecule has 0 aliphatic rings. The second kappa shape index (κ2) is 5.78. The fraction of sp³-hybridized carbons (Fsp3) is 0.571. The first-order chi connectivity index (χ1) is 7.67. The topological polar surface area (TPSA) is 18.5 Å². The molecule has 0 radical (unpaired) electrons. The molecule has 90 valence electrons. The van der Waals surface area contributed by atoms with Crippen LogP contribution in [0.1, 0.15) is 44.2 Å². The van der Waals surface area contributed by atoms with Gasteiger partial charge in [0.1, 0.15) is 0 Å². The fourth-order valence-corrected chi connectivity index (χ4v) is 1.92. The fourth-order valence-electron chi connectivity index (χ4n) is 1.92. The summed E-state index contributed by atoms with van der Waals surface area (Å²) < 4.78 is 10.7. The Labute approximate surface area is 98.6 Å². The van der Waals surface area contributed by atoms with Crippen LogP contribution in [0.15, 0.2) is 12.1 Å². The summed E-state index contributed by atoms with van der Waals surface area (Å²) in [6, 6.07) is 4.21. The van der Waals surface area contributed by atoms with Crippen LogP contribution in [0.3, 0.4) is 0 Å². The van der Waals surface area contributed by atoms with E-state index >= 15 is 0 Å². The van der Waals surface area contributed by atoms with Crippen LogP contribution >= 0.6 is 0 Å². The van der Waals surface area contributed by atoms with Crippen molar-refractivity contribution in [2.45, 2.75) is 39.5 Å². The standard InChI is InChI=1S/C14H22O2/c1-6-10(3)12-9-14(16-5)13(15-4)8-11(12)7-2/h8-10H,6-7H2,1-5H3. The minimum absolute atomic E-state index is 0.565. The van der Waals surface area contributed by atoms with Gasteiger partial charge in [-0.05, 0) is 42.0 Å². The van der Waals surface area contributed by atoms with Crippen molar-refractivity contribution in [2.75, 3.05) is 14.2 Å². The molecule has 1 unspecified atom stereocenters. The molecular weight excluding hydrogens is 200 g/mol. The molecule has 0 bridgehead atoms. The summed E-state index contributed by atoms with van der Waals surface area (Å²) in [5.41, 5.74) is 2.73. The number of rotatable bonds is 5. The normalized spacial score (nSPS) is 12.3. The van der Waals surface area contributed by atoms with Crippen LogP contribution in [0.2, 0.25) is 0 Å². The van der Waals surface area contributed by atoms with Crippen molar-refractivity contribution < 1.29 is 9.47 Å². The second-order valence-electron chi connectivity index (χ2n) is 4.07. The number of hydrogen-bond donors (Lipinski definition) is 0. The van der Waals surface area contributed by atoms with E-state index in [-0.39, 0.29) is 0 Å². The van der Waals surface area contributed by atoms with Gasteiger partial charge in [0.25, 0.3) is 0 Å². The highest BCUT2D eigenvalue weighted by Crippen LogP contribution is 2.34. The van der Waals surface area contributed by atoms with Crippen molar-refractivity contribution >= 4 is 0 Å². The summed E-state index contributed by atoms with van der Waals surface area (Å²) >= 11 is 0. The largest absolute Gasteiger partial charge is 0.493 e. The maximum atomic E-state index is 5.35. The molecule has 1 atom stereocenters. The molecule has 0 aromatic heterocycles. The molecule has 0 saturated carbocycles. The average Bonchev–Trinajstić information content (AvgIpc) is 2.35. The SMILES string of the molecule is CCc1cc(OC)c(OC)cc1C(C)CC. The first-order valence-electron chi connectivity index (χ1n) is 5.92. The molecule has 0 spiro atoms. The van der Waals surface area contributed by atoms with Crippen LogP contribution in [0.4, 0.5) is 0 Å². The summed E-state index contributed by atoms with van der Waals surface area (Å²) in [5.74, 6) is 2.22. The van der Waals surface area contributed by atoms with Crippen molar-refractivity contribution in [3.05, 3.63) is 23.3 Å². The number of methoxy groups -OCH3 is 2. The Balaban J connectivity index is 3.25. The zero-order valence-electron chi connectivity index (χ0n) is 11.0. The third-order valence-electron chi connectivity index (χ3n) is 3.17. The molecule has 0 aliphatic heterocycles. The quantitative estimate of drug-likeness (QED) is 0.754. The van der Waals surface area contributed by atoms with E-state index in [9.17, 15) is 0 Å². The highest BCUT2D eigenvalue weighted by Gasteiger charge is 2.13. The summed E-state index contributed by atoms with van der Waals surface area (Å²) in [7, 11) is 3.37. The van der Waals surface area contributed by atoms with Crippen molar-refractivity contribution in [1.82, 2.24) is 0 Å². The smallest absolute Gasteiger partial charge is 0.161 e. The average molecular weight is 222 g/mol. The van der Waals surface area contributed by atoms with Crippen LogP contribution in [0.5, 0.6) is 11.5 Å². The zero-order chi connectivity index (χ0) is 12.1. The summed E-state index contributed by atoms with van der Waals surface area (Å²) in [4.78, 5) is 0.